The van der Waals surface area contributed by atoms with Gasteiger partial charge in [-0.05, 0) is 29.8 Å². The molecule has 12 nitrogen and oxygen atoms in total. The Morgan fingerprint density at radius 1 is 1.22 bits per heavy atom. The smallest absolute Gasteiger partial charge is 0.338 e. The molecule has 2 amide bonds. The molecule has 15 heteroatoms. The van der Waals surface area contributed by atoms with Crippen molar-refractivity contribution in [3.63, 3.8) is 0 Å². The van der Waals surface area contributed by atoms with Crippen LogP contribution < -0.4 is 16.0 Å². The number of carbonyl (C=O) groups is 3. The van der Waals surface area contributed by atoms with Crippen molar-refractivity contribution in [3.05, 3.63) is 92.3 Å². The summed E-state index contributed by atoms with van der Waals surface area (Å²) in [6.07, 6.45) is 1.47. The van der Waals surface area contributed by atoms with Crippen molar-refractivity contribution >= 4 is 52.4 Å². The number of rotatable bonds is 9. The number of piperazine rings is 1. The molecule has 3 atom stereocenters. The molecule has 4 N–H and O–H groups in total. The number of thiazole rings is 1. The van der Waals surface area contributed by atoms with Crippen LogP contribution in [0.4, 0.5) is 14.9 Å². The second-order valence-corrected chi connectivity index (χ2v) is 12.5. The van der Waals surface area contributed by atoms with Gasteiger partial charge in [-0.3, -0.25) is 19.6 Å². The fourth-order valence-electron chi connectivity index (χ4n) is 6.03. The molecule has 3 aliphatic rings. The fourth-order valence-corrected chi connectivity index (χ4v) is 6.89. The van der Waals surface area contributed by atoms with Crippen molar-refractivity contribution in [2.45, 2.75) is 24.5 Å². The van der Waals surface area contributed by atoms with Gasteiger partial charge in [0.2, 0.25) is 0 Å². The minimum atomic E-state index is -0.980. The molecule has 240 valence electrons. The third kappa shape index (κ3) is 6.33. The number of urea groups is 1. The van der Waals surface area contributed by atoms with E-state index >= 15 is 0 Å². The lowest BCUT2D eigenvalue weighted by atomic mass is 9.95. The van der Waals surface area contributed by atoms with Crippen molar-refractivity contribution in [1.82, 2.24) is 20.1 Å². The summed E-state index contributed by atoms with van der Waals surface area (Å²) in [5, 5.41) is 14.9. The number of methoxy groups -OCH3 is 1. The number of carboxylic acid groups (broad SMARTS) is 1. The molecule has 4 heterocycles. The average molecular weight is 668 g/mol. The number of amides is 2. The summed E-state index contributed by atoms with van der Waals surface area (Å²) < 4.78 is 19.2. The van der Waals surface area contributed by atoms with Gasteiger partial charge in [0.15, 0.2) is 10.8 Å². The number of carboxylic acids is 1. The maximum absolute atomic E-state index is 14.0. The Morgan fingerprint density at radius 2 is 2.00 bits per heavy atom. The van der Waals surface area contributed by atoms with Crippen LogP contribution in [0, 0.1) is 5.82 Å². The molecule has 46 heavy (non-hydrogen) atoms. The van der Waals surface area contributed by atoms with E-state index < -0.39 is 29.8 Å². The number of aliphatic carboxylic acids is 1. The van der Waals surface area contributed by atoms with Crippen LogP contribution in [0.5, 0.6) is 0 Å². The van der Waals surface area contributed by atoms with Gasteiger partial charge in [-0.2, -0.15) is 0 Å². The Hall–Kier alpha value is -4.37. The molecule has 1 aromatic heterocycles. The van der Waals surface area contributed by atoms with Crippen molar-refractivity contribution < 1.29 is 28.6 Å². The maximum Gasteiger partial charge on any atom is 0.338 e. The van der Waals surface area contributed by atoms with E-state index in [0.29, 0.717) is 66.1 Å². The monoisotopic (exact) mass is 667 g/mol. The molecule has 2 saturated heterocycles. The van der Waals surface area contributed by atoms with Crippen LogP contribution in [-0.4, -0.2) is 89.6 Å². The lowest BCUT2D eigenvalue weighted by Gasteiger charge is -2.38. The second-order valence-electron chi connectivity index (χ2n) is 11.2. The van der Waals surface area contributed by atoms with Gasteiger partial charge >= 0.3 is 18.0 Å². The number of aliphatic imine (C=N–C) groups is 1. The number of hydrogen-bond donors (Lipinski definition) is 3. The van der Waals surface area contributed by atoms with Gasteiger partial charge in [0.1, 0.15) is 11.9 Å². The number of aromatic nitrogens is 1. The van der Waals surface area contributed by atoms with Crippen LogP contribution in [0.15, 0.2) is 70.3 Å². The van der Waals surface area contributed by atoms with E-state index in [2.05, 4.69) is 15.2 Å². The number of hydrogen-bond acceptors (Lipinski definition) is 10. The third-order valence-corrected chi connectivity index (χ3v) is 9.38. The number of nitrogens with two attached hydrogens (primary N) is 1. The summed E-state index contributed by atoms with van der Waals surface area (Å²) in [5.74, 6) is -1.63. The molecule has 0 spiro atoms. The number of ether oxygens (including phenoxy) is 1. The van der Waals surface area contributed by atoms with Gasteiger partial charge < -0.3 is 25.8 Å². The summed E-state index contributed by atoms with van der Waals surface area (Å²) in [7, 11) is 1.29. The van der Waals surface area contributed by atoms with Gasteiger partial charge in [0.05, 0.1) is 25.1 Å². The van der Waals surface area contributed by atoms with Crippen molar-refractivity contribution in [3.8, 4) is 0 Å². The molecule has 6 rings (SSSR count). The molecule has 3 aliphatic heterocycles. The molecule has 3 aromatic rings. The average Bonchev–Trinajstić information content (AvgIpc) is 3.69. The minimum absolute atomic E-state index is 0.110. The molecule has 2 aromatic carbocycles. The van der Waals surface area contributed by atoms with E-state index in [4.69, 9.17) is 32.2 Å². The number of nitrogens with one attached hydrogen (secondary N) is 1. The summed E-state index contributed by atoms with van der Waals surface area (Å²) in [4.78, 5) is 52.6. The molecular formula is C31H31ClFN7O5S. The molecule has 2 fully saturated rings. The van der Waals surface area contributed by atoms with Gasteiger partial charge in [0, 0.05) is 72.3 Å². The van der Waals surface area contributed by atoms with E-state index in [-0.39, 0.29) is 29.1 Å². The Morgan fingerprint density at radius 3 is 2.67 bits per heavy atom. The van der Waals surface area contributed by atoms with Crippen molar-refractivity contribution in [2.24, 2.45) is 10.7 Å². The van der Waals surface area contributed by atoms with Crippen LogP contribution in [0.25, 0.3) is 0 Å². The molecule has 0 bridgehead atoms. The zero-order chi connectivity index (χ0) is 32.5. The number of carbonyl (C=O) groups excluding carboxylic acids is 2. The molecule has 0 radical (unpaired) electrons. The van der Waals surface area contributed by atoms with Crippen LogP contribution in [-0.2, 0) is 14.3 Å². The van der Waals surface area contributed by atoms with E-state index in [0.717, 1.165) is 0 Å². The first-order valence-electron chi connectivity index (χ1n) is 14.5. The van der Waals surface area contributed by atoms with Gasteiger partial charge in [-0.1, -0.05) is 29.8 Å². The summed E-state index contributed by atoms with van der Waals surface area (Å²) in [6, 6.07) is 9.31. The lowest BCUT2D eigenvalue weighted by molar-refractivity contribution is -0.138. The molecule has 0 aliphatic carbocycles. The predicted molar refractivity (Wildman–Crippen MR) is 170 cm³/mol. The number of fused-ring (bicyclic) bond motifs is 1. The first-order valence-corrected chi connectivity index (χ1v) is 15.8. The Labute approximate surface area is 272 Å². The summed E-state index contributed by atoms with van der Waals surface area (Å²) in [6.45, 7) is 2.33. The van der Waals surface area contributed by atoms with Gasteiger partial charge in [0.25, 0.3) is 0 Å². The zero-order valence-corrected chi connectivity index (χ0v) is 26.3. The highest BCUT2D eigenvalue weighted by Gasteiger charge is 2.42. The number of esters is 1. The molecular weight excluding hydrogens is 637 g/mol. The largest absolute Gasteiger partial charge is 0.481 e. The van der Waals surface area contributed by atoms with Crippen LogP contribution in [0.3, 0.4) is 0 Å². The standard InChI is InChI=1S/C31H31ClFN7O5S/c1-45-30(43)26-24(36-28(29-35-8-11-46-29)37-27(26)21-7-4-18(33)12-22(21)32)16-38-9-10-39-20(14-38)15-40(31(39)44)19-5-2-17(3-6-19)23(34)13-25(41)42/h2-8,11-12,20,23,27H,9-10,13-16,34H2,1H3,(H,36,37)(H,41,42)/t20-,23?,27-/m0/s1. The molecule has 1 unspecified atom stereocenters. The highest BCUT2D eigenvalue weighted by Crippen LogP contribution is 2.37. The fraction of sp³-hybridized carbons (Fsp3) is 0.323. The third-order valence-electron chi connectivity index (χ3n) is 8.27. The van der Waals surface area contributed by atoms with Crippen LogP contribution in [0.2, 0.25) is 5.02 Å². The first kappa shape index (κ1) is 31.6. The SMILES string of the molecule is COC(=O)C1=C(CN2CCN3C(=O)N(c4ccc(C(N)CC(=O)O)cc4)C[C@@H]3C2)NC(c2nccs2)=N[C@H]1c1ccc(F)cc1Cl. The van der Waals surface area contributed by atoms with Gasteiger partial charge in [-0.25, -0.2) is 19.0 Å². The Kier molecular flexibility index (Phi) is 9.04. The number of anilines is 1. The number of amidine groups is 1. The maximum atomic E-state index is 14.0. The van der Waals surface area contributed by atoms with E-state index in [1.165, 1.54) is 36.6 Å². The van der Waals surface area contributed by atoms with E-state index in [9.17, 15) is 18.8 Å². The number of nitrogens with zero attached hydrogens (tertiary/aromatic N) is 5. The Bertz CT molecular complexity index is 1720. The van der Waals surface area contributed by atoms with Crippen LogP contribution >= 0.6 is 22.9 Å². The first-order chi connectivity index (χ1) is 22.1. The highest BCUT2D eigenvalue weighted by atomic mass is 35.5. The van der Waals surface area contributed by atoms with E-state index in [1.807, 2.05) is 10.3 Å². The summed E-state index contributed by atoms with van der Waals surface area (Å²) in [5.41, 5.74) is 8.64. The normalized spacial score (nSPS) is 20.7. The predicted octanol–water partition coefficient (Wildman–Crippen LogP) is 3.55. The Balaban J connectivity index is 1.24. The lowest BCUT2D eigenvalue weighted by Crippen LogP contribution is -2.53. The number of benzene rings is 2. The zero-order valence-electron chi connectivity index (χ0n) is 24.7. The minimum Gasteiger partial charge on any atom is -0.481 e. The van der Waals surface area contributed by atoms with Crippen molar-refractivity contribution in [2.75, 3.05) is 44.7 Å². The molecule has 0 saturated carbocycles. The number of halogens is 2. The second kappa shape index (κ2) is 13.2. The van der Waals surface area contributed by atoms with Crippen LogP contribution in [0.1, 0.15) is 34.6 Å². The van der Waals surface area contributed by atoms with Crippen molar-refractivity contribution in [1.29, 1.82) is 0 Å². The van der Waals surface area contributed by atoms with E-state index in [1.54, 1.807) is 35.4 Å². The topological polar surface area (TPSA) is 154 Å². The quantitative estimate of drug-likeness (QED) is 0.291. The highest BCUT2D eigenvalue weighted by molar-refractivity contribution is 7.11. The summed E-state index contributed by atoms with van der Waals surface area (Å²) >= 11 is 7.85. The van der Waals surface area contributed by atoms with Gasteiger partial charge in [-0.15, -0.1) is 11.3 Å².